The molecule has 0 saturated carbocycles. The first-order chi connectivity index (χ1) is 6.59. The van der Waals surface area contributed by atoms with Crippen LogP contribution >= 0.6 is 27.5 Å². The number of aliphatic carboxylic acids is 1. The molecule has 0 spiro atoms. The Kier molecular flexibility index (Phi) is 2.41. The third-order valence-electron chi connectivity index (χ3n) is 2.10. The van der Waals surface area contributed by atoms with Crippen molar-refractivity contribution >= 4 is 33.5 Å². The zero-order valence-electron chi connectivity index (χ0n) is 6.96. The molecule has 3 nitrogen and oxygen atoms in total. The van der Waals surface area contributed by atoms with Crippen LogP contribution in [0.15, 0.2) is 16.6 Å². The molecule has 0 saturated heterocycles. The normalized spacial score (nSPS) is 18.9. The van der Waals surface area contributed by atoms with Crippen molar-refractivity contribution in [3.63, 3.8) is 0 Å². The van der Waals surface area contributed by atoms with Gasteiger partial charge in [0.2, 0.25) is 0 Å². The van der Waals surface area contributed by atoms with Crippen molar-refractivity contribution in [3.8, 4) is 5.75 Å². The Labute approximate surface area is 93.8 Å². The van der Waals surface area contributed by atoms with Gasteiger partial charge in [-0.25, -0.2) is 0 Å². The Morgan fingerprint density at radius 1 is 1.64 bits per heavy atom. The fraction of sp³-hybridized carbons (Fsp3) is 0.222. The van der Waals surface area contributed by atoms with Crippen molar-refractivity contribution < 1.29 is 14.6 Å². The summed E-state index contributed by atoms with van der Waals surface area (Å²) in [5, 5.41) is 9.41. The largest absolute Gasteiger partial charge is 0.491 e. The van der Waals surface area contributed by atoms with Crippen LogP contribution in [0.4, 0.5) is 0 Å². The molecule has 1 aliphatic heterocycles. The molecule has 0 aliphatic carbocycles. The lowest BCUT2D eigenvalue weighted by atomic mass is 10.0. The van der Waals surface area contributed by atoms with Gasteiger partial charge in [0.25, 0.3) is 0 Å². The van der Waals surface area contributed by atoms with Crippen LogP contribution in [0.2, 0.25) is 5.02 Å². The van der Waals surface area contributed by atoms with E-state index < -0.39 is 11.9 Å². The maximum atomic E-state index is 10.8. The average Bonchev–Trinajstić information content (AvgIpc) is 2.47. The molecule has 1 atom stereocenters. The van der Waals surface area contributed by atoms with Crippen LogP contribution in [-0.2, 0) is 4.79 Å². The van der Waals surface area contributed by atoms with Crippen LogP contribution in [0.1, 0.15) is 11.5 Å². The van der Waals surface area contributed by atoms with Crippen molar-refractivity contribution in [2.75, 3.05) is 6.61 Å². The fourth-order valence-electron chi connectivity index (χ4n) is 1.45. The second kappa shape index (κ2) is 3.44. The lowest BCUT2D eigenvalue weighted by Gasteiger charge is -2.03. The highest BCUT2D eigenvalue weighted by atomic mass is 79.9. The number of rotatable bonds is 1. The van der Waals surface area contributed by atoms with Crippen LogP contribution < -0.4 is 4.74 Å². The van der Waals surface area contributed by atoms with E-state index in [-0.39, 0.29) is 6.61 Å². The standard InChI is InChI=1S/C9H6BrClO3/c10-7-2-4(11)1-5-6(9(12)13)3-14-8(5)7/h1-2,6H,3H2,(H,12,13). The monoisotopic (exact) mass is 276 g/mol. The third kappa shape index (κ3) is 1.48. The summed E-state index contributed by atoms with van der Waals surface area (Å²) in [5.41, 5.74) is 0.636. The molecule has 2 rings (SSSR count). The van der Waals surface area contributed by atoms with Gasteiger partial charge < -0.3 is 9.84 Å². The predicted octanol–water partition coefficient (Wildman–Crippen LogP) is 2.66. The lowest BCUT2D eigenvalue weighted by Crippen LogP contribution is -2.12. The van der Waals surface area contributed by atoms with Gasteiger partial charge in [-0.3, -0.25) is 4.79 Å². The summed E-state index contributed by atoms with van der Waals surface area (Å²) in [6.45, 7) is 0.170. The molecule has 0 amide bonds. The van der Waals surface area contributed by atoms with E-state index in [2.05, 4.69) is 15.9 Å². The second-order valence-electron chi connectivity index (χ2n) is 3.01. The summed E-state index contributed by atoms with van der Waals surface area (Å²) in [6, 6.07) is 3.32. The van der Waals surface area contributed by atoms with Gasteiger partial charge >= 0.3 is 5.97 Å². The minimum Gasteiger partial charge on any atom is -0.491 e. The van der Waals surface area contributed by atoms with Crippen molar-refractivity contribution in [1.29, 1.82) is 0 Å². The number of carboxylic acids is 1. The number of hydrogen-bond donors (Lipinski definition) is 1. The van der Waals surface area contributed by atoms with E-state index in [0.29, 0.717) is 20.8 Å². The molecule has 0 bridgehead atoms. The first-order valence-corrected chi connectivity index (χ1v) is 5.11. The lowest BCUT2D eigenvalue weighted by molar-refractivity contribution is -0.138. The fourth-order valence-corrected chi connectivity index (χ4v) is 2.40. The molecule has 0 fully saturated rings. The van der Waals surface area contributed by atoms with Gasteiger partial charge in [-0.15, -0.1) is 0 Å². The number of benzene rings is 1. The number of halogens is 2. The van der Waals surface area contributed by atoms with E-state index in [1.807, 2.05) is 0 Å². The molecule has 14 heavy (non-hydrogen) atoms. The molecule has 1 heterocycles. The summed E-state index contributed by atoms with van der Waals surface area (Å²) >= 11 is 9.09. The summed E-state index contributed by atoms with van der Waals surface area (Å²) < 4.78 is 5.97. The van der Waals surface area contributed by atoms with Crippen molar-refractivity contribution in [3.05, 3.63) is 27.2 Å². The van der Waals surface area contributed by atoms with Crippen LogP contribution in [-0.4, -0.2) is 17.7 Å². The number of ether oxygens (including phenoxy) is 1. The maximum Gasteiger partial charge on any atom is 0.314 e. The molecule has 1 aromatic rings. The van der Waals surface area contributed by atoms with Crippen LogP contribution in [0.25, 0.3) is 0 Å². The first-order valence-electron chi connectivity index (χ1n) is 3.94. The summed E-state index contributed by atoms with van der Waals surface area (Å²) in [6.07, 6.45) is 0. The SMILES string of the molecule is O=C(O)C1COc2c(Br)cc(Cl)cc21. The molecule has 1 aliphatic rings. The van der Waals surface area contributed by atoms with Gasteiger partial charge in [0.1, 0.15) is 18.3 Å². The maximum absolute atomic E-state index is 10.8. The summed E-state index contributed by atoms with van der Waals surface area (Å²) in [4.78, 5) is 10.8. The molecule has 1 unspecified atom stereocenters. The second-order valence-corrected chi connectivity index (χ2v) is 4.30. The van der Waals surface area contributed by atoms with Gasteiger partial charge in [-0.2, -0.15) is 0 Å². The van der Waals surface area contributed by atoms with E-state index in [4.69, 9.17) is 21.4 Å². The number of hydrogen-bond acceptors (Lipinski definition) is 2. The molecule has 1 N–H and O–H groups in total. The number of carboxylic acid groups (broad SMARTS) is 1. The quantitative estimate of drug-likeness (QED) is 0.858. The van der Waals surface area contributed by atoms with Crippen LogP contribution in [0.5, 0.6) is 5.75 Å². The highest BCUT2D eigenvalue weighted by molar-refractivity contribution is 9.10. The molecular formula is C9H6BrClO3. The number of fused-ring (bicyclic) bond motifs is 1. The Balaban J connectivity index is 2.54. The van der Waals surface area contributed by atoms with Crippen LogP contribution in [0.3, 0.4) is 0 Å². The molecule has 1 aromatic carbocycles. The highest BCUT2D eigenvalue weighted by Gasteiger charge is 2.31. The Morgan fingerprint density at radius 3 is 3.00 bits per heavy atom. The van der Waals surface area contributed by atoms with E-state index >= 15 is 0 Å². The smallest absolute Gasteiger partial charge is 0.314 e. The minimum atomic E-state index is -0.891. The molecule has 5 heteroatoms. The van der Waals surface area contributed by atoms with Crippen LogP contribution in [0, 0.1) is 0 Å². The topological polar surface area (TPSA) is 46.5 Å². The zero-order valence-corrected chi connectivity index (χ0v) is 9.30. The van der Waals surface area contributed by atoms with Gasteiger partial charge in [-0.1, -0.05) is 11.6 Å². The van der Waals surface area contributed by atoms with E-state index in [0.717, 1.165) is 0 Å². The molecule has 0 aromatic heterocycles. The molecule has 74 valence electrons. The number of carbonyl (C=O) groups is 1. The van der Waals surface area contributed by atoms with E-state index in [1.54, 1.807) is 12.1 Å². The minimum absolute atomic E-state index is 0.170. The zero-order chi connectivity index (χ0) is 10.3. The summed E-state index contributed by atoms with van der Waals surface area (Å²) in [5.74, 6) is -0.917. The molecule has 0 radical (unpaired) electrons. The first kappa shape index (κ1) is 9.80. The van der Waals surface area contributed by atoms with Gasteiger partial charge in [-0.05, 0) is 28.1 Å². The third-order valence-corrected chi connectivity index (χ3v) is 2.91. The highest BCUT2D eigenvalue weighted by Crippen LogP contribution is 2.41. The van der Waals surface area contributed by atoms with Crippen molar-refractivity contribution in [1.82, 2.24) is 0 Å². The Bertz CT molecular complexity index is 405. The Morgan fingerprint density at radius 2 is 2.36 bits per heavy atom. The predicted molar refractivity (Wildman–Crippen MR) is 55.0 cm³/mol. The Hall–Kier alpha value is -0.740. The van der Waals surface area contributed by atoms with Crippen molar-refractivity contribution in [2.24, 2.45) is 0 Å². The van der Waals surface area contributed by atoms with E-state index in [1.165, 1.54) is 0 Å². The van der Waals surface area contributed by atoms with E-state index in [9.17, 15) is 4.79 Å². The van der Waals surface area contributed by atoms with Gasteiger partial charge in [0.05, 0.1) is 4.47 Å². The molecular weight excluding hydrogens is 271 g/mol. The average molecular weight is 278 g/mol. The van der Waals surface area contributed by atoms with Crippen molar-refractivity contribution in [2.45, 2.75) is 5.92 Å². The van der Waals surface area contributed by atoms with Gasteiger partial charge in [0.15, 0.2) is 0 Å². The summed E-state index contributed by atoms with van der Waals surface area (Å²) in [7, 11) is 0. The van der Waals surface area contributed by atoms with Gasteiger partial charge in [0, 0.05) is 10.6 Å².